The summed E-state index contributed by atoms with van der Waals surface area (Å²) < 4.78 is 36.3. The summed E-state index contributed by atoms with van der Waals surface area (Å²) in [7, 11) is 0. The van der Waals surface area contributed by atoms with Crippen molar-refractivity contribution < 1.29 is 72.5 Å². The molecule has 57 heavy (non-hydrogen) atoms. The van der Waals surface area contributed by atoms with E-state index in [2.05, 4.69) is 6.58 Å². The van der Waals surface area contributed by atoms with Crippen molar-refractivity contribution in [1.29, 1.82) is 0 Å². The van der Waals surface area contributed by atoms with Crippen LogP contribution in [0.3, 0.4) is 0 Å². The van der Waals surface area contributed by atoms with Crippen molar-refractivity contribution >= 4 is 35.8 Å². The van der Waals surface area contributed by atoms with E-state index in [1.54, 1.807) is 43.3 Å². The Balaban J connectivity index is 1.97. The molecule has 0 aromatic heterocycles. The molecule has 3 saturated carbocycles. The van der Waals surface area contributed by atoms with Crippen molar-refractivity contribution in [3.05, 3.63) is 83.9 Å². The molecular weight excluding hydrogens is 744 g/mol. The summed E-state index contributed by atoms with van der Waals surface area (Å²) in [5, 5.41) is 39.7. The average Bonchev–Trinajstić information content (AvgIpc) is 3.37. The van der Waals surface area contributed by atoms with Crippen LogP contribution in [0.25, 0.3) is 0 Å². The van der Waals surface area contributed by atoms with Gasteiger partial charge in [-0.25, -0.2) is 9.59 Å². The minimum absolute atomic E-state index is 0.0118. The van der Waals surface area contributed by atoms with Crippen LogP contribution in [0.15, 0.2) is 72.8 Å². The Labute approximate surface area is 330 Å². The van der Waals surface area contributed by atoms with E-state index in [1.165, 1.54) is 45.0 Å². The van der Waals surface area contributed by atoms with E-state index in [-0.39, 0.29) is 23.1 Å². The molecule has 3 aliphatic rings. The van der Waals surface area contributed by atoms with Gasteiger partial charge in [0.25, 0.3) is 0 Å². The van der Waals surface area contributed by atoms with Gasteiger partial charge in [-0.05, 0) is 56.0 Å². The molecule has 3 aliphatic carbocycles. The minimum Gasteiger partial charge on any atom is -0.459 e. The lowest BCUT2D eigenvalue weighted by Crippen LogP contribution is -2.77. The molecule has 0 spiro atoms. The second kappa shape index (κ2) is 15.7. The van der Waals surface area contributed by atoms with Crippen molar-refractivity contribution in [3.8, 4) is 0 Å². The van der Waals surface area contributed by atoms with Crippen LogP contribution in [0.2, 0.25) is 0 Å². The number of esters is 6. The standard InChI is InChI=1S/C42H50O15/c1-21(2)42(56-27(8)46)32(47)23(4)40(50)30-20-22(3)33(52-24(5)43)41(30,51)38(54-26(7)45)39(9,57-37(49)29-18-14-11-15-19-29)34(53-25(6)44)31(40)35(42)55-36(48)28-16-12-10-13-17-28/h10-19,22-23,30-35,38,47,50-51H,1,20H2,2-9H3/t22-,23+,30-,31-,32-,33-,34-,35+,38+,39+,40-,41+,42-/m0/s1. The van der Waals surface area contributed by atoms with E-state index in [1.807, 2.05) is 0 Å². The number of hydrogen-bond acceptors (Lipinski definition) is 15. The summed E-state index contributed by atoms with van der Waals surface area (Å²) in [5.74, 6) is -11.9. The second-order valence-corrected chi connectivity index (χ2v) is 15.6. The number of hydrogen-bond donors (Lipinski definition) is 3. The summed E-state index contributed by atoms with van der Waals surface area (Å²) in [4.78, 5) is 80.9. The largest absolute Gasteiger partial charge is 0.459 e. The third-order valence-corrected chi connectivity index (χ3v) is 11.9. The number of fused-ring (bicyclic) bond motifs is 3. The molecule has 2 aromatic rings. The molecule has 0 unspecified atom stereocenters. The topological polar surface area (TPSA) is 218 Å². The fourth-order valence-electron chi connectivity index (χ4n) is 9.69. The molecular formula is C42H50O15. The first-order valence-electron chi connectivity index (χ1n) is 18.6. The molecule has 2 aromatic carbocycles. The zero-order valence-corrected chi connectivity index (χ0v) is 33.1. The minimum atomic E-state index is -2.70. The van der Waals surface area contributed by atoms with Crippen LogP contribution < -0.4 is 0 Å². The maximum Gasteiger partial charge on any atom is 0.338 e. The van der Waals surface area contributed by atoms with E-state index in [0.29, 0.717) is 0 Å². The summed E-state index contributed by atoms with van der Waals surface area (Å²) >= 11 is 0. The van der Waals surface area contributed by atoms with Gasteiger partial charge in [0.15, 0.2) is 29.5 Å². The van der Waals surface area contributed by atoms with Crippen molar-refractivity contribution in [1.82, 2.24) is 0 Å². The highest BCUT2D eigenvalue weighted by molar-refractivity contribution is 5.90. The maximum atomic E-state index is 14.3. The van der Waals surface area contributed by atoms with Crippen molar-refractivity contribution in [2.75, 3.05) is 0 Å². The molecule has 0 bridgehead atoms. The molecule has 0 radical (unpaired) electrons. The Bertz CT molecular complexity index is 1920. The third-order valence-electron chi connectivity index (χ3n) is 11.9. The number of carbonyl (C=O) groups is 6. The first-order valence-corrected chi connectivity index (χ1v) is 18.6. The number of aliphatic hydroxyl groups is 3. The molecule has 0 saturated heterocycles. The Morgan fingerprint density at radius 1 is 0.649 bits per heavy atom. The van der Waals surface area contributed by atoms with E-state index >= 15 is 0 Å². The normalized spacial score (nSPS) is 36.9. The predicted molar refractivity (Wildman–Crippen MR) is 198 cm³/mol. The fourth-order valence-corrected chi connectivity index (χ4v) is 9.69. The van der Waals surface area contributed by atoms with Crippen LogP contribution in [0.5, 0.6) is 0 Å². The zero-order valence-electron chi connectivity index (χ0n) is 33.1. The Hall–Kier alpha value is -5.12. The van der Waals surface area contributed by atoms with E-state index < -0.39 is 112 Å². The van der Waals surface area contributed by atoms with Gasteiger partial charge in [0.05, 0.1) is 22.6 Å². The Morgan fingerprint density at radius 2 is 1.14 bits per heavy atom. The van der Waals surface area contributed by atoms with E-state index in [0.717, 1.165) is 27.7 Å². The number of rotatable bonds is 9. The fraction of sp³-hybridized carbons (Fsp3) is 0.524. The molecule has 5 rings (SSSR count). The highest BCUT2D eigenvalue weighted by Gasteiger charge is 2.83. The van der Waals surface area contributed by atoms with Crippen LogP contribution in [-0.2, 0) is 47.6 Å². The average molecular weight is 795 g/mol. The second-order valence-electron chi connectivity index (χ2n) is 15.6. The highest BCUT2D eigenvalue weighted by Crippen LogP contribution is 2.65. The first-order chi connectivity index (χ1) is 26.6. The molecule has 3 fully saturated rings. The Morgan fingerprint density at radius 3 is 1.61 bits per heavy atom. The molecule has 15 heteroatoms. The molecule has 3 N–H and O–H groups in total. The summed E-state index contributed by atoms with van der Waals surface area (Å²) in [6, 6.07) is 15.1. The summed E-state index contributed by atoms with van der Waals surface area (Å²) in [6.07, 6.45) is -10.0. The smallest absolute Gasteiger partial charge is 0.338 e. The van der Waals surface area contributed by atoms with E-state index in [9.17, 15) is 44.1 Å². The van der Waals surface area contributed by atoms with Gasteiger partial charge in [-0.3, -0.25) is 19.2 Å². The lowest BCUT2D eigenvalue weighted by molar-refractivity contribution is -0.300. The highest BCUT2D eigenvalue weighted by atomic mass is 16.6. The van der Waals surface area contributed by atoms with Gasteiger partial charge < -0.3 is 43.7 Å². The predicted octanol–water partition coefficient (Wildman–Crippen LogP) is 3.26. The third kappa shape index (κ3) is 7.10. The van der Waals surface area contributed by atoms with Gasteiger partial charge in [-0.1, -0.05) is 56.8 Å². The molecule has 15 nitrogen and oxygen atoms in total. The molecule has 0 amide bonds. The number of aliphatic hydroxyl groups excluding tert-OH is 1. The van der Waals surface area contributed by atoms with Crippen LogP contribution in [0.1, 0.15) is 82.5 Å². The van der Waals surface area contributed by atoms with Crippen molar-refractivity contribution in [2.45, 2.75) is 115 Å². The lowest BCUT2D eigenvalue weighted by atomic mass is 9.52. The molecule has 13 atom stereocenters. The number of benzene rings is 2. The summed E-state index contributed by atoms with van der Waals surface area (Å²) in [5.41, 5.74) is -10.4. The molecule has 0 heterocycles. The van der Waals surface area contributed by atoms with Gasteiger partial charge in [-0.15, -0.1) is 0 Å². The van der Waals surface area contributed by atoms with Crippen LogP contribution in [-0.4, -0.2) is 104 Å². The first kappa shape index (κ1) is 43.0. The SMILES string of the molecule is C=C(C)[C@@]1(OC(C)=O)[C@H](OC(=O)c2ccccc2)[C@@H]2[C@H](OC(C)=O)[C@@](C)(OC(=O)c3ccccc3)[C@@H](OC(C)=O)[C@@]3(O)[C@@H](C[C@H](C)[C@@H]3OC(C)=O)[C@@]2(O)[C@H](C)[C@@H]1O. The zero-order chi connectivity index (χ0) is 42.4. The van der Waals surface area contributed by atoms with E-state index in [4.69, 9.17) is 28.4 Å². The number of ether oxygens (including phenoxy) is 6. The van der Waals surface area contributed by atoms with Gasteiger partial charge >= 0.3 is 35.8 Å². The maximum absolute atomic E-state index is 14.3. The number of carbonyl (C=O) groups excluding carboxylic acids is 6. The van der Waals surface area contributed by atoms with Gasteiger partial charge in [-0.2, -0.15) is 0 Å². The van der Waals surface area contributed by atoms with Gasteiger partial charge in [0.2, 0.25) is 0 Å². The van der Waals surface area contributed by atoms with Crippen molar-refractivity contribution in [3.63, 3.8) is 0 Å². The molecule has 0 aliphatic heterocycles. The van der Waals surface area contributed by atoms with Gasteiger partial charge in [0, 0.05) is 39.5 Å². The Kier molecular flexibility index (Phi) is 11.8. The quantitative estimate of drug-likeness (QED) is 0.189. The van der Waals surface area contributed by atoms with Crippen LogP contribution in [0, 0.1) is 23.7 Å². The van der Waals surface area contributed by atoms with Crippen LogP contribution in [0.4, 0.5) is 0 Å². The lowest BCUT2D eigenvalue weighted by Gasteiger charge is -2.61. The summed E-state index contributed by atoms with van der Waals surface area (Å²) in [6.45, 7) is 13.7. The van der Waals surface area contributed by atoms with Crippen LogP contribution >= 0.6 is 0 Å². The molecule has 308 valence electrons. The monoisotopic (exact) mass is 794 g/mol. The van der Waals surface area contributed by atoms with Gasteiger partial charge in [0.1, 0.15) is 17.8 Å². The van der Waals surface area contributed by atoms with Crippen molar-refractivity contribution in [2.24, 2.45) is 23.7 Å².